The van der Waals surface area contributed by atoms with Crippen LogP contribution in [0.5, 0.6) is 0 Å². The molecule has 21 heavy (non-hydrogen) atoms. The number of thiazole rings is 1. The molecule has 3 aromatic heterocycles. The van der Waals surface area contributed by atoms with Crippen LogP contribution in [0.4, 0.5) is 0 Å². The van der Waals surface area contributed by atoms with Crippen molar-refractivity contribution in [3.8, 4) is 10.8 Å². The summed E-state index contributed by atoms with van der Waals surface area (Å²) in [4.78, 5) is 22.2. The largest absolute Gasteiger partial charge is 0.346 e. The first-order valence-electron chi connectivity index (χ1n) is 5.99. The summed E-state index contributed by atoms with van der Waals surface area (Å²) in [7, 11) is 0. The van der Waals surface area contributed by atoms with E-state index in [0.29, 0.717) is 32.3 Å². The van der Waals surface area contributed by atoms with Crippen LogP contribution in [0, 0.1) is 6.92 Å². The van der Waals surface area contributed by atoms with Gasteiger partial charge in [0.1, 0.15) is 11.2 Å². The van der Waals surface area contributed by atoms with Crippen molar-refractivity contribution in [3.05, 3.63) is 38.2 Å². The zero-order valence-corrected chi connectivity index (χ0v) is 13.3. The Labute approximate surface area is 133 Å². The summed E-state index contributed by atoms with van der Waals surface area (Å²) in [5.41, 5.74) is 0.674. The third-order valence-electron chi connectivity index (χ3n) is 2.67. The number of hydrogen-bond acceptors (Lipinski definition) is 6. The number of hydrogen-bond donors (Lipinski definition) is 2. The second-order valence-electron chi connectivity index (χ2n) is 4.16. The second-order valence-corrected chi connectivity index (χ2v) is 6.95. The number of amides is 1. The molecule has 0 unspecified atom stereocenters. The number of aromatic nitrogens is 4. The smallest absolute Gasteiger partial charge is 0.263 e. The summed E-state index contributed by atoms with van der Waals surface area (Å²) in [6.07, 6.45) is 1.41. The molecule has 3 aromatic rings. The van der Waals surface area contributed by atoms with Crippen LogP contribution in [-0.4, -0.2) is 26.1 Å². The van der Waals surface area contributed by atoms with Gasteiger partial charge >= 0.3 is 0 Å². The maximum absolute atomic E-state index is 12.2. The lowest BCUT2D eigenvalue weighted by Crippen LogP contribution is -2.22. The van der Waals surface area contributed by atoms with Gasteiger partial charge in [0, 0.05) is 4.88 Å². The molecule has 0 aliphatic rings. The van der Waals surface area contributed by atoms with E-state index in [1.807, 2.05) is 12.1 Å². The van der Waals surface area contributed by atoms with Gasteiger partial charge in [-0.1, -0.05) is 11.6 Å². The molecule has 0 aromatic carbocycles. The van der Waals surface area contributed by atoms with Gasteiger partial charge in [0.2, 0.25) is 0 Å². The number of nitrogens with zero attached hydrogens (tertiary/aromatic N) is 3. The van der Waals surface area contributed by atoms with Crippen LogP contribution >= 0.6 is 34.3 Å². The summed E-state index contributed by atoms with van der Waals surface area (Å²) in [6, 6.07) is 3.71. The molecule has 0 aliphatic carbocycles. The van der Waals surface area contributed by atoms with E-state index in [2.05, 4.69) is 25.5 Å². The molecular formula is C12H10ClN5OS2. The Morgan fingerprint density at radius 2 is 2.29 bits per heavy atom. The Hall–Kier alpha value is -1.77. The predicted octanol–water partition coefficient (Wildman–Crippen LogP) is 2.88. The van der Waals surface area contributed by atoms with Crippen molar-refractivity contribution in [1.82, 2.24) is 25.5 Å². The van der Waals surface area contributed by atoms with Gasteiger partial charge in [-0.05, 0) is 19.1 Å². The second kappa shape index (κ2) is 5.92. The van der Waals surface area contributed by atoms with E-state index in [9.17, 15) is 4.79 Å². The lowest BCUT2D eigenvalue weighted by molar-refractivity contribution is 0.0954. The zero-order valence-electron chi connectivity index (χ0n) is 10.9. The monoisotopic (exact) mass is 339 g/mol. The number of aromatic amines is 1. The van der Waals surface area contributed by atoms with E-state index in [-0.39, 0.29) is 5.91 Å². The van der Waals surface area contributed by atoms with E-state index in [1.54, 1.807) is 6.92 Å². The predicted molar refractivity (Wildman–Crippen MR) is 82.7 cm³/mol. The molecule has 1 amide bonds. The molecule has 0 bridgehead atoms. The van der Waals surface area contributed by atoms with Crippen LogP contribution in [0.25, 0.3) is 10.8 Å². The summed E-state index contributed by atoms with van der Waals surface area (Å²) >= 11 is 8.59. The number of carbonyl (C=O) groups is 1. The molecule has 0 atom stereocenters. The fraction of sp³-hybridized carbons (Fsp3) is 0.167. The number of rotatable bonds is 4. The van der Waals surface area contributed by atoms with Gasteiger partial charge in [0.05, 0.1) is 16.6 Å². The highest BCUT2D eigenvalue weighted by atomic mass is 35.5. The number of halogens is 1. The quantitative estimate of drug-likeness (QED) is 0.765. The third kappa shape index (κ3) is 3.12. The lowest BCUT2D eigenvalue weighted by atomic mass is 10.3. The van der Waals surface area contributed by atoms with Crippen LogP contribution in [-0.2, 0) is 6.54 Å². The maximum atomic E-state index is 12.2. The Morgan fingerprint density at radius 3 is 2.95 bits per heavy atom. The van der Waals surface area contributed by atoms with Crippen LogP contribution in [0.2, 0.25) is 4.34 Å². The highest BCUT2D eigenvalue weighted by Crippen LogP contribution is 2.25. The molecule has 108 valence electrons. The Morgan fingerprint density at radius 1 is 1.43 bits per heavy atom. The van der Waals surface area contributed by atoms with Gasteiger partial charge in [-0.3, -0.25) is 9.89 Å². The normalized spacial score (nSPS) is 10.8. The number of carbonyl (C=O) groups excluding carboxylic acids is 1. The number of H-pyrrole nitrogens is 1. The molecule has 0 spiro atoms. The third-order valence-corrected chi connectivity index (χ3v) is 5.07. The highest BCUT2D eigenvalue weighted by molar-refractivity contribution is 7.17. The van der Waals surface area contributed by atoms with E-state index >= 15 is 0 Å². The van der Waals surface area contributed by atoms with Crippen LogP contribution in [0.15, 0.2) is 18.5 Å². The van der Waals surface area contributed by atoms with Crippen molar-refractivity contribution in [1.29, 1.82) is 0 Å². The molecule has 3 heterocycles. The Bertz CT molecular complexity index is 765. The molecule has 3 rings (SSSR count). The maximum Gasteiger partial charge on any atom is 0.263 e. The molecule has 6 nitrogen and oxygen atoms in total. The minimum atomic E-state index is -0.153. The first kappa shape index (κ1) is 14.2. The van der Waals surface area contributed by atoms with E-state index in [1.165, 1.54) is 29.0 Å². The minimum absolute atomic E-state index is 0.153. The average molecular weight is 340 g/mol. The molecule has 0 fully saturated rings. The number of nitrogens with one attached hydrogen (secondary N) is 2. The van der Waals surface area contributed by atoms with Crippen molar-refractivity contribution in [3.63, 3.8) is 0 Å². The SMILES string of the molecule is Cc1nc(-c2ncn[nH]2)sc1C(=O)NCc1ccc(Cl)s1. The number of aryl methyl sites for hydroxylation is 1. The minimum Gasteiger partial charge on any atom is -0.346 e. The van der Waals surface area contributed by atoms with Crippen molar-refractivity contribution in [2.75, 3.05) is 0 Å². The van der Waals surface area contributed by atoms with Gasteiger partial charge in [0.15, 0.2) is 10.8 Å². The molecular weight excluding hydrogens is 330 g/mol. The molecule has 9 heteroatoms. The highest BCUT2D eigenvalue weighted by Gasteiger charge is 2.17. The topological polar surface area (TPSA) is 83.6 Å². The van der Waals surface area contributed by atoms with Crippen molar-refractivity contribution in [2.24, 2.45) is 0 Å². The van der Waals surface area contributed by atoms with E-state index < -0.39 is 0 Å². The molecule has 0 radical (unpaired) electrons. The lowest BCUT2D eigenvalue weighted by Gasteiger charge is -2.01. The zero-order chi connectivity index (χ0) is 14.8. The van der Waals surface area contributed by atoms with E-state index in [0.717, 1.165) is 4.88 Å². The molecule has 0 aliphatic heterocycles. The van der Waals surface area contributed by atoms with Crippen LogP contribution in [0.3, 0.4) is 0 Å². The van der Waals surface area contributed by atoms with Crippen molar-refractivity contribution >= 4 is 40.2 Å². The van der Waals surface area contributed by atoms with Gasteiger partial charge in [-0.25, -0.2) is 9.97 Å². The summed E-state index contributed by atoms with van der Waals surface area (Å²) in [5, 5.41) is 10.0. The molecule has 0 saturated carbocycles. The van der Waals surface area contributed by atoms with Crippen molar-refractivity contribution in [2.45, 2.75) is 13.5 Å². The average Bonchev–Trinajstić information content (AvgIpc) is 3.16. The van der Waals surface area contributed by atoms with E-state index in [4.69, 9.17) is 11.6 Å². The number of thiophene rings is 1. The summed E-state index contributed by atoms with van der Waals surface area (Å²) in [5.74, 6) is 0.410. The van der Waals surface area contributed by atoms with Gasteiger partial charge < -0.3 is 5.32 Å². The molecule has 2 N–H and O–H groups in total. The first-order valence-corrected chi connectivity index (χ1v) is 8.00. The summed E-state index contributed by atoms with van der Waals surface area (Å²) in [6.45, 7) is 2.25. The standard InChI is InChI=1S/C12H10ClN5OS2/c1-6-9(21-12(17-6)10-15-5-16-18-10)11(19)14-4-7-2-3-8(13)20-7/h2-3,5H,4H2,1H3,(H,14,19)(H,15,16,18). The van der Waals surface area contributed by atoms with Gasteiger partial charge in [0.25, 0.3) is 5.91 Å². The van der Waals surface area contributed by atoms with Crippen LogP contribution < -0.4 is 5.32 Å². The molecule has 0 saturated heterocycles. The van der Waals surface area contributed by atoms with Gasteiger partial charge in [-0.2, -0.15) is 5.10 Å². The fourth-order valence-electron chi connectivity index (χ4n) is 1.71. The fourth-order valence-corrected chi connectivity index (χ4v) is 3.67. The summed E-state index contributed by atoms with van der Waals surface area (Å²) < 4.78 is 0.709. The Kier molecular flexibility index (Phi) is 4.00. The van der Waals surface area contributed by atoms with Gasteiger partial charge in [-0.15, -0.1) is 22.7 Å². The van der Waals surface area contributed by atoms with Crippen LogP contribution in [0.1, 0.15) is 20.2 Å². The first-order chi connectivity index (χ1) is 10.1. The Balaban J connectivity index is 1.72. The van der Waals surface area contributed by atoms with Crippen molar-refractivity contribution < 1.29 is 4.79 Å².